The second-order valence-electron chi connectivity index (χ2n) is 6.19. The van der Waals surface area contributed by atoms with Crippen LogP contribution in [0.25, 0.3) is 0 Å². The highest BCUT2D eigenvalue weighted by Crippen LogP contribution is 2.25. The van der Waals surface area contributed by atoms with Crippen LogP contribution < -0.4 is 0 Å². The number of rotatable bonds is 4. The first kappa shape index (κ1) is 16.4. The van der Waals surface area contributed by atoms with Gasteiger partial charge in [0.05, 0.1) is 5.92 Å². The van der Waals surface area contributed by atoms with Crippen molar-refractivity contribution in [3.63, 3.8) is 0 Å². The summed E-state index contributed by atoms with van der Waals surface area (Å²) in [6.45, 7) is 3.16. The molecular weight excluding hydrogens is 305 g/mol. The first-order valence-corrected chi connectivity index (χ1v) is 8.26. The Kier molecular flexibility index (Phi) is 4.74. The number of hydrogen-bond acceptors (Lipinski definition) is 2. The molecule has 1 atom stereocenters. The van der Waals surface area contributed by atoms with E-state index in [-0.39, 0.29) is 17.3 Å². The fourth-order valence-corrected chi connectivity index (χ4v) is 3.12. The molecule has 4 heteroatoms. The molecule has 124 valence electrons. The Hall–Kier alpha value is -2.49. The Morgan fingerprint density at radius 3 is 2.33 bits per heavy atom. The molecule has 0 aliphatic carbocycles. The van der Waals surface area contributed by atoms with E-state index in [4.69, 9.17) is 0 Å². The monoisotopic (exact) mass is 325 g/mol. The van der Waals surface area contributed by atoms with Gasteiger partial charge < -0.3 is 4.90 Å². The summed E-state index contributed by atoms with van der Waals surface area (Å²) in [4.78, 5) is 26.8. The van der Waals surface area contributed by atoms with Crippen LogP contribution in [0, 0.1) is 5.82 Å². The Labute approximate surface area is 141 Å². The number of nitrogens with zero attached hydrogens (tertiary/aromatic N) is 1. The van der Waals surface area contributed by atoms with Gasteiger partial charge in [0.1, 0.15) is 5.82 Å². The van der Waals surface area contributed by atoms with E-state index in [0.29, 0.717) is 11.1 Å². The number of carbonyl (C=O) groups is 2. The van der Waals surface area contributed by atoms with Gasteiger partial charge in [0, 0.05) is 29.8 Å². The van der Waals surface area contributed by atoms with Gasteiger partial charge >= 0.3 is 0 Å². The molecule has 24 heavy (non-hydrogen) atoms. The van der Waals surface area contributed by atoms with Crippen LogP contribution >= 0.6 is 0 Å². The summed E-state index contributed by atoms with van der Waals surface area (Å²) in [5, 5.41) is 0. The third-order valence-corrected chi connectivity index (χ3v) is 4.55. The van der Waals surface area contributed by atoms with Crippen LogP contribution in [0.3, 0.4) is 0 Å². The normalized spacial score (nSPS) is 15.3. The summed E-state index contributed by atoms with van der Waals surface area (Å²) < 4.78 is 14.3. The van der Waals surface area contributed by atoms with E-state index < -0.39 is 11.7 Å². The minimum absolute atomic E-state index is 0.0734. The summed E-state index contributed by atoms with van der Waals surface area (Å²) in [6.07, 6.45) is 1.99. The predicted octanol–water partition coefficient (Wildman–Crippen LogP) is 3.78. The second-order valence-corrected chi connectivity index (χ2v) is 6.19. The van der Waals surface area contributed by atoms with E-state index >= 15 is 0 Å². The Bertz CT molecular complexity index is 751. The van der Waals surface area contributed by atoms with Crippen molar-refractivity contribution in [3.8, 4) is 0 Å². The van der Waals surface area contributed by atoms with Crippen molar-refractivity contribution in [2.75, 3.05) is 13.1 Å². The van der Waals surface area contributed by atoms with E-state index in [1.807, 2.05) is 6.07 Å². The van der Waals surface area contributed by atoms with Crippen LogP contribution in [0.5, 0.6) is 0 Å². The largest absolute Gasteiger partial charge is 0.342 e. The molecule has 1 aliphatic rings. The first-order valence-electron chi connectivity index (χ1n) is 8.26. The number of halogens is 1. The van der Waals surface area contributed by atoms with Gasteiger partial charge in [-0.3, -0.25) is 9.59 Å². The number of hydrogen-bond donors (Lipinski definition) is 0. The van der Waals surface area contributed by atoms with Gasteiger partial charge in [-0.25, -0.2) is 4.39 Å². The van der Waals surface area contributed by atoms with Crippen LogP contribution in [-0.2, 0) is 4.79 Å². The summed E-state index contributed by atoms with van der Waals surface area (Å²) in [7, 11) is 0. The average Bonchev–Trinajstić information content (AvgIpc) is 3.15. The summed E-state index contributed by atoms with van der Waals surface area (Å²) in [6, 6.07) is 13.1. The number of benzene rings is 2. The first-order chi connectivity index (χ1) is 11.6. The molecule has 1 unspecified atom stereocenters. The molecule has 0 spiro atoms. The van der Waals surface area contributed by atoms with Crippen LogP contribution in [0.15, 0.2) is 48.5 Å². The van der Waals surface area contributed by atoms with E-state index in [0.717, 1.165) is 25.9 Å². The summed E-state index contributed by atoms with van der Waals surface area (Å²) in [5.74, 6) is -1.28. The predicted molar refractivity (Wildman–Crippen MR) is 90.5 cm³/mol. The van der Waals surface area contributed by atoms with Gasteiger partial charge in [0.2, 0.25) is 5.91 Å². The number of amides is 1. The van der Waals surface area contributed by atoms with Crippen molar-refractivity contribution in [2.45, 2.75) is 25.7 Å². The minimum Gasteiger partial charge on any atom is -0.342 e. The van der Waals surface area contributed by atoms with Gasteiger partial charge in [-0.15, -0.1) is 0 Å². The average molecular weight is 325 g/mol. The fourth-order valence-electron chi connectivity index (χ4n) is 3.12. The molecule has 1 heterocycles. The maximum atomic E-state index is 14.3. The fraction of sp³-hybridized carbons (Fsp3) is 0.300. The molecule has 1 saturated heterocycles. The van der Waals surface area contributed by atoms with Gasteiger partial charge in [0.25, 0.3) is 0 Å². The third kappa shape index (κ3) is 3.23. The molecule has 3 rings (SSSR count). The summed E-state index contributed by atoms with van der Waals surface area (Å²) in [5.41, 5.74) is 1.24. The zero-order valence-corrected chi connectivity index (χ0v) is 13.7. The van der Waals surface area contributed by atoms with Crippen LogP contribution in [0.4, 0.5) is 4.39 Å². The molecule has 0 radical (unpaired) electrons. The van der Waals surface area contributed by atoms with Crippen molar-refractivity contribution in [3.05, 3.63) is 71.0 Å². The molecule has 2 aromatic carbocycles. The van der Waals surface area contributed by atoms with Crippen molar-refractivity contribution in [1.82, 2.24) is 4.90 Å². The highest BCUT2D eigenvalue weighted by molar-refractivity contribution is 6.09. The molecule has 0 bridgehead atoms. The van der Waals surface area contributed by atoms with Crippen molar-refractivity contribution < 1.29 is 14.0 Å². The SMILES string of the molecule is CC(C(=O)N1CCCC1)c1cc(C(=O)c2ccccc2)ccc1F. The van der Waals surface area contributed by atoms with Crippen molar-refractivity contribution >= 4 is 11.7 Å². The molecule has 2 aromatic rings. The number of likely N-dealkylation sites (tertiary alicyclic amines) is 1. The molecule has 0 N–H and O–H groups in total. The lowest BCUT2D eigenvalue weighted by atomic mass is 9.94. The lowest BCUT2D eigenvalue weighted by Crippen LogP contribution is -2.31. The zero-order chi connectivity index (χ0) is 17.1. The molecule has 0 saturated carbocycles. The smallest absolute Gasteiger partial charge is 0.229 e. The van der Waals surface area contributed by atoms with Crippen LogP contribution in [-0.4, -0.2) is 29.7 Å². The lowest BCUT2D eigenvalue weighted by Gasteiger charge is -2.21. The van der Waals surface area contributed by atoms with Gasteiger partial charge in [-0.2, -0.15) is 0 Å². The Morgan fingerprint density at radius 2 is 1.67 bits per heavy atom. The summed E-state index contributed by atoms with van der Waals surface area (Å²) >= 11 is 0. The number of ketones is 1. The van der Waals surface area contributed by atoms with Gasteiger partial charge in [-0.05, 0) is 38.0 Å². The zero-order valence-electron chi connectivity index (χ0n) is 13.7. The van der Waals surface area contributed by atoms with E-state index in [2.05, 4.69) is 0 Å². The van der Waals surface area contributed by atoms with Crippen molar-refractivity contribution in [1.29, 1.82) is 0 Å². The Morgan fingerprint density at radius 1 is 1.00 bits per heavy atom. The minimum atomic E-state index is -0.591. The second kappa shape index (κ2) is 6.95. The third-order valence-electron chi connectivity index (χ3n) is 4.55. The molecule has 1 aliphatic heterocycles. The maximum Gasteiger partial charge on any atom is 0.229 e. The Balaban J connectivity index is 1.88. The van der Waals surface area contributed by atoms with Crippen LogP contribution in [0.1, 0.15) is 47.2 Å². The lowest BCUT2D eigenvalue weighted by molar-refractivity contribution is -0.131. The van der Waals surface area contributed by atoms with E-state index in [1.54, 1.807) is 36.1 Å². The number of carbonyl (C=O) groups excluding carboxylic acids is 2. The standard InChI is InChI=1S/C20H20FNO2/c1-14(20(24)22-11-5-6-12-22)17-13-16(9-10-18(17)21)19(23)15-7-3-2-4-8-15/h2-4,7-10,13-14H,5-6,11-12H2,1H3. The molecule has 3 nitrogen and oxygen atoms in total. The van der Waals surface area contributed by atoms with Gasteiger partial charge in [0.15, 0.2) is 5.78 Å². The van der Waals surface area contributed by atoms with E-state index in [9.17, 15) is 14.0 Å². The van der Waals surface area contributed by atoms with E-state index in [1.165, 1.54) is 18.2 Å². The van der Waals surface area contributed by atoms with Gasteiger partial charge in [-0.1, -0.05) is 30.3 Å². The maximum absolute atomic E-state index is 14.3. The highest BCUT2D eigenvalue weighted by atomic mass is 19.1. The highest BCUT2D eigenvalue weighted by Gasteiger charge is 2.27. The quantitative estimate of drug-likeness (QED) is 0.802. The van der Waals surface area contributed by atoms with Crippen molar-refractivity contribution in [2.24, 2.45) is 0 Å². The molecule has 1 amide bonds. The van der Waals surface area contributed by atoms with Crippen LogP contribution in [0.2, 0.25) is 0 Å². The molecule has 0 aromatic heterocycles. The topological polar surface area (TPSA) is 37.4 Å². The molecule has 1 fully saturated rings. The molecular formula is C20H20FNO2.